The molecule has 24 heavy (non-hydrogen) atoms. The minimum absolute atomic E-state index is 0.503. The van der Waals surface area contributed by atoms with Crippen LogP contribution in [0.2, 0.25) is 0 Å². The lowest BCUT2D eigenvalue weighted by Gasteiger charge is -2.06. The normalized spacial score (nSPS) is 11.7. The van der Waals surface area contributed by atoms with E-state index < -0.39 is 12.2 Å². The van der Waals surface area contributed by atoms with Gasteiger partial charge in [-0.2, -0.15) is 0 Å². The van der Waals surface area contributed by atoms with E-state index in [0.717, 1.165) is 0 Å². The van der Waals surface area contributed by atoms with Gasteiger partial charge < -0.3 is 0 Å². The summed E-state index contributed by atoms with van der Waals surface area (Å²) in [5.74, 6) is 0. The number of rotatable bonds is 6. The van der Waals surface area contributed by atoms with Crippen LogP contribution in [0.25, 0.3) is 0 Å². The number of anilines is 2. The minimum atomic E-state index is -0.688. The van der Waals surface area contributed by atoms with E-state index in [1.807, 2.05) is 13.8 Å². The zero-order valence-electron chi connectivity index (χ0n) is 14.3. The van der Waals surface area contributed by atoms with Crippen molar-refractivity contribution < 1.29 is 19.3 Å². The molecule has 8 heteroatoms. The lowest BCUT2D eigenvalue weighted by Crippen LogP contribution is -2.13. The van der Waals surface area contributed by atoms with E-state index >= 15 is 0 Å². The fourth-order valence-electron chi connectivity index (χ4n) is 1.29. The first-order valence-corrected chi connectivity index (χ1v) is 7.57. The fraction of sp³-hybridized carbons (Fsp3) is 0.375. The van der Waals surface area contributed by atoms with Crippen LogP contribution in [-0.4, -0.2) is 23.6 Å². The quantitative estimate of drug-likeness (QED) is 0.458. The molecule has 0 aliphatic heterocycles. The van der Waals surface area contributed by atoms with E-state index in [1.165, 1.54) is 0 Å². The molecule has 0 aromatic heterocycles. The predicted molar refractivity (Wildman–Crippen MR) is 93.4 cm³/mol. The van der Waals surface area contributed by atoms with Crippen LogP contribution in [0.1, 0.15) is 40.5 Å². The molecule has 0 spiro atoms. The number of nitrogens with one attached hydrogen (secondary N) is 2. The van der Waals surface area contributed by atoms with Crippen LogP contribution in [0.3, 0.4) is 0 Å². The topological polar surface area (TPSA) is 101 Å². The van der Waals surface area contributed by atoms with Gasteiger partial charge >= 0.3 is 12.2 Å². The highest BCUT2D eigenvalue weighted by molar-refractivity contribution is 5.88. The number of carbonyl (C=O) groups excluding carboxylic acids is 2. The number of amides is 2. The summed E-state index contributed by atoms with van der Waals surface area (Å²) < 4.78 is 0. The molecule has 0 atom stereocenters. The zero-order valence-corrected chi connectivity index (χ0v) is 14.3. The van der Waals surface area contributed by atoms with Crippen molar-refractivity contribution in [1.82, 2.24) is 0 Å². The average molecular weight is 334 g/mol. The molecule has 0 unspecified atom stereocenters. The van der Waals surface area contributed by atoms with Gasteiger partial charge in [0.1, 0.15) is 0 Å². The Morgan fingerprint density at radius 1 is 0.833 bits per heavy atom. The molecule has 130 valence electrons. The summed E-state index contributed by atoms with van der Waals surface area (Å²) in [7, 11) is 0. The minimum Gasteiger partial charge on any atom is -0.298 e. The SMILES string of the molecule is CCC(C)=NOC(=O)Nc1ccc(NC(=O)ON=C(C)CC)cc1. The van der Waals surface area contributed by atoms with Gasteiger partial charge in [-0.25, -0.2) is 9.59 Å². The highest BCUT2D eigenvalue weighted by atomic mass is 16.7. The maximum absolute atomic E-state index is 11.5. The van der Waals surface area contributed by atoms with Crippen molar-refractivity contribution in [3.8, 4) is 0 Å². The van der Waals surface area contributed by atoms with Gasteiger partial charge in [-0.15, -0.1) is 0 Å². The zero-order chi connectivity index (χ0) is 17.9. The van der Waals surface area contributed by atoms with Crippen molar-refractivity contribution in [3.63, 3.8) is 0 Å². The van der Waals surface area contributed by atoms with Gasteiger partial charge in [0.15, 0.2) is 0 Å². The highest BCUT2D eigenvalue weighted by Gasteiger charge is 2.06. The van der Waals surface area contributed by atoms with Crippen LogP contribution >= 0.6 is 0 Å². The third-order valence-electron chi connectivity index (χ3n) is 2.97. The van der Waals surface area contributed by atoms with Crippen LogP contribution in [0.15, 0.2) is 34.6 Å². The lowest BCUT2D eigenvalue weighted by atomic mass is 10.3. The standard InChI is InChI=1S/C16H22N4O4/c1-5-11(3)19-23-15(21)17-13-7-9-14(10-8-13)18-16(22)24-20-12(4)6-2/h7-10H,5-6H2,1-4H3,(H,17,21)(H,18,22). The molecule has 0 fully saturated rings. The van der Waals surface area contributed by atoms with Crippen molar-refractivity contribution in [3.05, 3.63) is 24.3 Å². The van der Waals surface area contributed by atoms with Crippen LogP contribution < -0.4 is 10.6 Å². The van der Waals surface area contributed by atoms with Crippen molar-refractivity contribution in [1.29, 1.82) is 0 Å². The van der Waals surface area contributed by atoms with E-state index in [1.54, 1.807) is 38.1 Å². The summed E-state index contributed by atoms with van der Waals surface area (Å²) in [5.41, 5.74) is 2.43. The molecule has 0 saturated heterocycles. The molecule has 0 radical (unpaired) electrons. The number of oxime groups is 2. The van der Waals surface area contributed by atoms with Gasteiger partial charge in [-0.05, 0) is 51.0 Å². The van der Waals surface area contributed by atoms with Crippen LogP contribution in [-0.2, 0) is 9.68 Å². The molecule has 0 heterocycles. The summed E-state index contributed by atoms with van der Waals surface area (Å²) in [6.45, 7) is 7.34. The Morgan fingerprint density at radius 2 is 1.17 bits per heavy atom. The number of hydrogen-bond acceptors (Lipinski definition) is 6. The molecular weight excluding hydrogens is 312 g/mol. The maximum atomic E-state index is 11.5. The summed E-state index contributed by atoms with van der Waals surface area (Å²) >= 11 is 0. The Labute approximate surface area is 140 Å². The highest BCUT2D eigenvalue weighted by Crippen LogP contribution is 2.14. The fourth-order valence-corrected chi connectivity index (χ4v) is 1.29. The van der Waals surface area contributed by atoms with E-state index in [9.17, 15) is 9.59 Å². The number of carbonyl (C=O) groups is 2. The number of benzene rings is 1. The molecule has 0 bridgehead atoms. The smallest absolute Gasteiger partial charge is 0.298 e. The third kappa shape index (κ3) is 7.39. The van der Waals surface area contributed by atoms with Crippen LogP contribution in [0.5, 0.6) is 0 Å². The molecule has 8 nitrogen and oxygen atoms in total. The maximum Gasteiger partial charge on any atom is 0.437 e. The summed E-state index contributed by atoms with van der Waals surface area (Å²) in [5, 5.41) is 12.3. The molecule has 0 aliphatic rings. The van der Waals surface area contributed by atoms with E-state index in [4.69, 9.17) is 9.68 Å². The first-order valence-electron chi connectivity index (χ1n) is 7.57. The first kappa shape index (κ1) is 19.1. The van der Waals surface area contributed by atoms with E-state index in [-0.39, 0.29) is 0 Å². The Morgan fingerprint density at radius 3 is 1.46 bits per heavy atom. The average Bonchev–Trinajstić information content (AvgIpc) is 2.59. The Balaban J connectivity index is 2.51. The molecule has 0 saturated carbocycles. The molecule has 1 rings (SSSR count). The molecular formula is C16H22N4O4. The first-order chi connectivity index (χ1) is 11.4. The summed E-state index contributed by atoms with van der Waals surface area (Å²) in [6, 6.07) is 6.42. The Bertz CT molecular complexity index is 568. The Hall–Kier alpha value is -2.90. The van der Waals surface area contributed by atoms with Crippen LogP contribution in [0, 0.1) is 0 Å². The van der Waals surface area contributed by atoms with Crippen molar-refractivity contribution in [2.45, 2.75) is 40.5 Å². The van der Waals surface area contributed by atoms with Gasteiger partial charge in [0.25, 0.3) is 0 Å². The van der Waals surface area contributed by atoms with Gasteiger partial charge in [0.2, 0.25) is 0 Å². The summed E-state index contributed by atoms with van der Waals surface area (Å²) in [6.07, 6.45) is 0.0246. The van der Waals surface area contributed by atoms with E-state index in [0.29, 0.717) is 35.6 Å². The van der Waals surface area contributed by atoms with Crippen molar-refractivity contribution in [2.24, 2.45) is 10.3 Å². The number of nitrogens with zero attached hydrogens (tertiary/aromatic N) is 2. The molecule has 1 aromatic carbocycles. The predicted octanol–water partition coefficient (Wildman–Crippen LogP) is 4.36. The molecule has 2 amide bonds. The second-order valence-electron chi connectivity index (χ2n) is 4.95. The molecule has 2 N–H and O–H groups in total. The largest absolute Gasteiger partial charge is 0.437 e. The van der Waals surface area contributed by atoms with Gasteiger partial charge in [0, 0.05) is 11.4 Å². The van der Waals surface area contributed by atoms with Gasteiger partial charge in [-0.1, -0.05) is 24.2 Å². The molecule has 0 aliphatic carbocycles. The van der Waals surface area contributed by atoms with Gasteiger partial charge in [0.05, 0.1) is 11.4 Å². The second kappa shape index (κ2) is 9.98. The monoisotopic (exact) mass is 334 g/mol. The van der Waals surface area contributed by atoms with Crippen LogP contribution in [0.4, 0.5) is 21.0 Å². The molecule has 1 aromatic rings. The van der Waals surface area contributed by atoms with Crippen molar-refractivity contribution >= 4 is 35.0 Å². The lowest BCUT2D eigenvalue weighted by molar-refractivity contribution is 0.165. The van der Waals surface area contributed by atoms with E-state index in [2.05, 4.69) is 20.9 Å². The number of hydrogen-bond donors (Lipinski definition) is 2. The Kier molecular flexibility index (Phi) is 7.97. The third-order valence-corrected chi connectivity index (χ3v) is 2.97. The van der Waals surface area contributed by atoms with Crippen molar-refractivity contribution in [2.75, 3.05) is 10.6 Å². The van der Waals surface area contributed by atoms with Gasteiger partial charge in [-0.3, -0.25) is 20.3 Å². The second-order valence-corrected chi connectivity index (χ2v) is 4.95. The summed E-state index contributed by atoms with van der Waals surface area (Å²) in [4.78, 5) is 32.4.